The van der Waals surface area contributed by atoms with E-state index in [4.69, 9.17) is 4.74 Å². The number of aryl methyl sites for hydroxylation is 1. The van der Waals surface area contributed by atoms with Gasteiger partial charge in [-0.2, -0.15) is 0 Å². The van der Waals surface area contributed by atoms with Gasteiger partial charge in [0.15, 0.2) is 0 Å². The van der Waals surface area contributed by atoms with Crippen molar-refractivity contribution in [2.24, 2.45) is 0 Å². The maximum absolute atomic E-state index is 12.5. The summed E-state index contributed by atoms with van der Waals surface area (Å²) in [5.41, 5.74) is 0.460. The van der Waals surface area contributed by atoms with Gasteiger partial charge in [0.05, 0.1) is 0 Å². The minimum atomic E-state index is -0.979. The van der Waals surface area contributed by atoms with E-state index in [2.05, 4.69) is 20.2 Å². The van der Waals surface area contributed by atoms with E-state index >= 15 is 0 Å². The molecule has 0 saturated carbocycles. The number of hydrogen-bond acceptors (Lipinski definition) is 7. The lowest BCUT2D eigenvalue weighted by molar-refractivity contribution is 0.0575. The van der Waals surface area contributed by atoms with Gasteiger partial charge in [0, 0.05) is 43.5 Å². The average Bonchev–Trinajstić information content (AvgIpc) is 3.43. The standard InChI is InChI=1S/C23H31N5O3/c1-18-14-21(26-17-25-18)28-11-8-23(30,16-28)15-24-22(29)19-4-6-20(7-5-19)31-13-12-27-9-2-3-10-27/h4-7,14,17,30H,2-3,8-13,15-16H2,1H3,(H,24,29)/t23-/m0/s1. The summed E-state index contributed by atoms with van der Waals surface area (Å²) in [5.74, 6) is 1.37. The first-order valence-corrected chi connectivity index (χ1v) is 11.0. The Balaban J connectivity index is 1.23. The number of likely N-dealkylation sites (tertiary alicyclic amines) is 1. The van der Waals surface area contributed by atoms with Crippen molar-refractivity contribution >= 4 is 11.7 Å². The number of benzene rings is 1. The minimum Gasteiger partial charge on any atom is -0.492 e. The number of β-amino-alcohol motifs (C(OH)–C–C–N with tert-alkyl or cyclic N) is 1. The zero-order valence-corrected chi connectivity index (χ0v) is 18.1. The topological polar surface area (TPSA) is 90.8 Å². The van der Waals surface area contributed by atoms with Crippen LogP contribution in [0, 0.1) is 6.92 Å². The number of rotatable bonds is 8. The molecule has 2 fully saturated rings. The quantitative estimate of drug-likeness (QED) is 0.664. The number of nitrogens with one attached hydrogen (secondary N) is 1. The van der Waals surface area contributed by atoms with Crippen molar-refractivity contribution in [3.63, 3.8) is 0 Å². The fourth-order valence-corrected chi connectivity index (χ4v) is 4.16. The molecule has 3 heterocycles. The number of ether oxygens (including phenoxy) is 1. The molecule has 2 aliphatic heterocycles. The van der Waals surface area contributed by atoms with Crippen LogP contribution >= 0.6 is 0 Å². The number of nitrogens with zero attached hydrogens (tertiary/aromatic N) is 4. The van der Waals surface area contributed by atoms with E-state index in [9.17, 15) is 9.90 Å². The number of hydrogen-bond donors (Lipinski definition) is 2. The van der Waals surface area contributed by atoms with Crippen molar-refractivity contribution in [3.8, 4) is 5.75 Å². The van der Waals surface area contributed by atoms with Crippen molar-refractivity contribution < 1.29 is 14.6 Å². The van der Waals surface area contributed by atoms with Crippen LogP contribution in [-0.2, 0) is 0 Å². The molecule has 2 aliphatic rings. The maximum Gasteiger partial charge on any atom is 0.251 e. The summed E-state index contributed by atoms with van der Waals surface area (Å²) in [6.07, 6.45) is 4.65. The van der Waals surface area contributed by atoms with Crippen molar-refractivity contribution in [1.29, 1.82) is 0 Å². The zero-order chi connectivity index (χ0) is 21.7. The lowest BCUT2D eigenvalue weighted by Crippen LogP contribution is -2.45. The molecule has 1 aromatic heterocycles. The van der Waals surface area contributed by atoms with E-state index in [-0.39, 0.29) is 12.5 Å². The van der Waals surface area contributed by atoms with E-state index in [1.54, 1.807) is 12.1 Å². The van der Waals surface area contributed by atoms with Crippen molar-refractivity contribution in [2.45, 2.75) is 31.8 Å². The van der Waals surface area contributed by atoms with Crippen LogP contribution in [-0.4, -0.2) is 77.4 Å². The van der Waals surface area contributed by atoms with Gasteiger partial charge in [-0.3, -0.25) is 9.69 Å². The highest BCUT2D eigenvalue weighted by Gasteiger charge is 2.37. The normalized spacial score (nSPS) is 21.4. The second-order valence-electron chi connectivity index (χ2n) is 8.52. The smallest absolute Gasteiger partial charge is 0.251 e. The van der Waals surface area contributed by atoms with E-state index in [1.807, 2.05) is 30.0 Å². The number of carbonyl (C=O) groups excluding carboxylic acids is 1. The van der Waals surface area contributed by atoms with E-state index in [1.165, 1.54) is 19.2 Å². The third-order valence-corrected chi connectivity index (χ3v) is 6.02. The molecular weight excluding hydrogens is 394 g/mol. The fraction of sp³-hybridized carbons (Fsp3) is 0.522. The molecule has 1 aromatic carbocycles. The van der Waals surface area contributed by atoms with Gasteiger partial charge in [-0.1, -0.05) is 0 Å². The van der Waals surface area contributed by atoms with Crippen LogP contribution < -0.4 is 15.0 Å². The zero-order valence-electron chi connectivity index (χ0n) is 18.1. The summed E-state index contributed by atoms with van der Waals surface area (Å²) in [7, 11) is 0. The Morgan fingerprint density at radius 1 is 1.19 bits per heavy atom. The number of aliphatic hydroxyl groups is 1. The Bertz CT molecular complexity index is 885. The molecule has 8 nitrogen and oxygen atoms in total. The maximum atomic E-state index is 12.5. The van der Waals surface area contributed by atoms with Gasteiger partial charge in [0.1, 0.15) is 30.1 Å². The molecule has 0 spiro atoms. The minimum absolute atomic E-state index is 0.195. The largest absolute Gasteiger partial charge is 0.492 e. The van der Waals surface area contributed by atoms with Gasteiger partial charge in [0.2, 0.25) is 0 Å². The van der Waals surface area contributed by atoms with Gasteiger partial charge in [0.25, 0.3) is 5.91 Å². The van der Waals surface area contributed by atoms with Crippen LogP contribution in [0.15, 0.2) is 36.7 Å². The Morgan fingerprint density at radius 2 is 1.97 bits per heavy atom. The monoisotopic (exact) mass is 425 g/mol. The fourth-order valence-electron chi connectivity index (χ4n) is 4.16. The predicted molar refractivity (Wildman–Crippen MR) is 118 cm³/mol. The number of amides is 1. The van der Waals surface area contributed by atoms with Crippen molar-refractivity contribution in [1.82, 2.24) is 20.2 Å². The highest BCUT2D eigenvalue weighted by Crippen LogP contribution is 2.25. The summed E-state index contributed by atoms with van der Waals surface area (Å²) in [6, 6.07) is 9.06. The molecule has 1 amide bonds. The van der Waals surface area contributed by atoms with E-state index in [0.29, 0.717) is 31.7 Å². The average molecular weight is 426 g/mol. The molecule has 2 saturated heterocycles. The predicted octanol–water partition coefficient (Wildman–Crippen LogP) is 1.63. The summed E-state index contributed by atoms with van der Waals surface area (Å²) in [6.45, 7) is 7.13. The van der Waals surface area contributed by atoms with E-state index in [0.717, 1.165) is 36.9 Å². The third kappa shape index (κ3) is 5.71. The van der Waals surface area contributed by atoms with E-state index < -0.39 is 5.60 Å². The summed E-state index contributed by atoms with van der Waals surface area (Å²) >= 11 is 0. The third-order valence-electron chi connectivity index (χ3n) is 6.02. The van der Waals surface area contributed by atoms with Crippen LogP contribution in [0.5, 0.6) is 5.75 Å². The molecule has 2 N–H and O–H groups in total. The number of anilines is 1. The first kappa shape index (κ1) is 21.5. The molecular formula is C23H31N5O3. The Kier molecular flexibility index (Phi) is 6.67. The second kappa shape index (κ2) is 9.62. The van der Waals surface area contributed by atoms with Crippen LogP contribution in [0.3, 0.4) is 0 Å². The summed E-state index contributed by atoms with van der Waals surface area (Å²) in [5, 5.41) is 13.8. The van der Waals surface area contributed by atoms with Crippen LogP contribution in [0.25, 0.3) is 0 Å². The van der Waals surface area contributed by atoms with Crippen LogP contribution in [0.2, 0.25) is 0 Å². The van der Waals surface area contributed by atoms with Crippen molar-refractivity contribution in [3.05, 3.63) is 47.9 Å². The first-order valence-electron chi connectivity index (χ1n) is 11.0. The second-order valence-corrected chi connectivity index (χ2v) is 8.52. The molecule has 8 heteroatoms. The van der Waals surface area contributed by atoms with Crippen LogP contribution in [0.1, 0.15) is 35.3 Å². The summed E-state index contributed by atoms with van der Waals surface area (Å²) < 4.78 is 5.79. The van der Waals surface area contributed by atoms with Crippen LogP contribution in [0.4, 0.5) is 5.82 Å². The molecule has 4 rings (SSSR count). The molecule has 0 unspecified atom stereocenters. The molecule has 0 bridgehead atoms. The molecule has 1 atom stereocenters. The van der Waals surface area contributed by atoms with Gasteiger partial charge in [-0.05, 0) is 63.5 Å². The number of carbonyl (C=O) groups is 1. The summed E-state index contributed by atoms with van der Waals surface area (Å²) in [4.78, 5) is 25.4. The van der Waals surface area contributed by atoms with Gasteiger partial charge < -0.3 is 20.1 Å². The van der Waals surface area contributed by atoms with Gasteiger partial charge >= 0.3 is 0 Å². The Labute approximate surface area is 183 Å². The van der Waals surface area contributed by atoms with Crippen molar-refractivity contribution in [2.75, 3.05) is 50.8 Å². The highest BCUT2D eigenvalue weighted by atomic mass is 16.5. The molecule has 0 aliphatic carbocycles. The molecule has 166 valence electrons. The van der Waals surface area contributed by atoms with Gasteiger partial charge in [-0.15, -0.1) is 0 Å². The Morgan fingerprint density at radius 3 is 2.71 bits per heavy atom. The lowest BCUT2D eigenvalue weighted by Gasteiger charge is -2.24. The lowest BCUT2D eigenvalue weighted by atomic mass is 10.0. The first-order chi connectivity index (χ1) is 15.0. The SMILES string of the molecule is Cc1cc(N2CC[C@](O)(CNC(=O)c3ccc(OCCN4CCCC4)cc3)C2)ncn1. The molecule has 2 aromatic rings. The van der Waals surface area contributed by atoms with Gasteiger partial charge in [-0.25, -0.2) is 9.97 Å². The highest BCUT2D eigenvalue weighted by molar-refractivity contribution is 5.94. The molecule has 31 heavy (non-hydrogen) atoms. The Hall–Kier alpha value is -2.71. The number of aromatic nitrogens is 2. The molecule has 0 radical (unpaired) electrons.